The molecule has 0 saturated carbocycles. The van der Waals surface area contributed by atoms with Crippen LogP contribution >= 0.6 is 0 Å². The van der Waals surface area contributed by atoms with E-state index < -0.39 is 0 Å². The average molecular weight is 456 g/mol. The van der Waals surface area contributed by atoms with Crippen molar-refractivity contribution in [3.05, 3.63) is 46.6 Å². The molecule has 0 atom stereocenters. The summed E-state index contributed by atoms with van der Waals surface area (Å²) >= 11 is 0. The van der Waals surface area contributed by atoms with E-state index in [4.69, 9.17) is 9.31 Å². The Morgan fingerprint density at radius 3 is 1.41 bits per heavy atom. The summed E-state index contributed by atoms with van der Waals surface area (Å²) in [6, 6.07) is 8.55. The summed E-state index contributed by atoms with van der Waals surface area (Å²) in [4.78, 5) is 18.0. The van der Waals surface area contributed by atoms with Gasteiger partial charge in [0.2, 0.25) is 0 Å². The van der Waals surface area contributed by atoms with E-state index in [1.165, 1.54) is 0 Å². The monoisotopic (exact) mass is 456 g/mol. The lowest BCUT2D eigenvalue weighted by Gasteiger charge is -2.46. The molecule has 7 heteroatoms. The first-order valence-electron chi connectivity index (χ1n) is 12.2. The van der Waals surface area contributed by atoms with E-state index in [1.54, 1.807) is 0 Å². The van der Waals surface area contributed by atoms with E-state index in [2.05, 4.69) is 79.7 Å². The molecule has 0 radical (unpaired) electrons. The van der Waals surface area contributed by atoms with Crippen molar-refractivity contribution in [3.63, 3.8) is 0 Å². The third-order valence-corrected chi connectivity index (χ3v) is 7.13. The highest BCUT2D eigenvalue weighted by atomic mass is 16.5. The van der Waals surface area contributed by atoms with Crippen molar-refractivity contribution in [3.8, 4) is 0 Å². The molecule has 3 aliphatic heterocycles. The van der Waals surface area contributed by atoms with Crippen molar-refractivity contribution in [2.45, 2.75) is 80.4 Å². The Bertz CT molecular complexity index is 1220. The molecule has 0 aliphatic carbocycles. The van der Waals surface area contributed by atoms with Gasteiger partial charge < -0.3 is 9.31 Å². The zero-order valence-electron chi connectivity index (χ0n) is 22.1. The minimum atomic E-state index is -0.320. The summed E-state index contributed by atoms with van der Waals surface area (Å²) in [7, 11) is 0. The molecule has 5 nitrogen and oxygen atoms in total. The standard InChI is InChI=1S/C27H34B2N2O3/c1-15-17(3)30-23-20(28(15)33-26(5,6)7)13-11-19-12-14-21-24(22(19)23)31(25(30)32)18(4)16(2)29(21)34-27(8,9)10/h11-14H,1-10H3. The largest absolute Gasteiger partial charge is 0.422 e. The van der Waals surface area contributed by atoms with Crippen LogP contribution < -0.4 is 20.7 Å². The van der Waals surface area contributed by atoms with Gasteiger partial charge >= 0.3 is 19.9 Å². The first-order valence-corrected chi connectivity index (χ1v) is 12.2. The molecule has 0 saturated heterocycles. The van der Waals surface area contributed by atoms with Gasteiger partial charge in [0.1, 0.15) is 0 Å². The van der Waals surface area contributed by atoms with Crippen LogP contribution in [0.3, 0.4) is 0 Å². The van der Waals surface area contributed by atoms with Crippen LogP contribution in [0.15, 0.2) is 46.6 Å². The van der Waals surface area contributed by atoms with Gasteiger partial charge in [-0.3, -0.25) is 9.80 Å². The Labute approximate surface area is 204 Å². The van der Waals surface area contributed by atoms with Gasteiger partial charge in [-0.15, -0.1) is 0 Å². The normalized spacial score (nSPS) is 18.1. The number of urea groups is 1. The maximum atomic E-state index is 14.2. The Balaban J connectivity index is 1.86. The van der Waals surface area contributed by atoms with Crippen LogP contribution in [0.5, 0.6) is 0 Å². The Morgan fingerprint density at radius 2 is 1.06 bits per heavy atom. The van der Waals surface area contributed by atoms with Gasteiger partial charge in [-0.25, -0.2) is 4.79 Å². The molecule has 176 valence electrons. The molecule has 0 fully saturated rings. The van der Waals surface area contributed by atoms with Gasteiger partial charge in [-0.1, -0.05) is 24.3 Å². The molecule has 2 aromatic rings. The van der Waals surface area contributed by atoms with E-state index in [0.29, 0.717) is 0 Å². The average Bonchev–Trinajstić information content (AvgIpc) is 2.72. The highest BCUT2D eigenvalue weighted by molar-refractivity contribution is 6.79. The van der Waals surface area contributed by atoms with Gasteiger partial charge in [0.25, 0.3) is 0 Å². The second kappa shape index (κ2) is 7.25. The van der Waals surface area contributed by atoms with Crippen molar-refractivity contribution in [1.29, 1.82) is 0 Å². The number of benzene rings is 2. The van der Waals surface area contributed by atoms with Crippen molar-refractivity contribution in [1.82, 2.24) is 0 Å². The van der Waals surface area contributed by atoms with E-state index >= 15 is 0 Å². The number of hydrogen-bond acceptors (Lipinski definition) is 3. The van der Waals surface area contributed by atoms with Crippen LogP contribution in [-0.2, 0) is 9.31 Å². The molecule has 0 N–H and O–H groups in total. The highest BCUT2D eigenvalue weighted by Gasteiger charge is 2.48. The summed E-state index contributed by atoms with van der Waals surface area (Å²) in [5, 5.41) is 2.21. The minimum absolute atomic E-state index is 0.0363. The lowest BCUT2D eigenvalue weighted by molar-refractivity contribution is 0.134. The van der Waals surface area contributed by atoms with Crippen LogP contribution in [-0.4, -0.2) is 31.1 Å². The van der Waals surface area contributed by atoms with Crippen LogP contribution in [0.2, 0.25) is 0 Å². The lowest BCUT2D eigenvalue weighted by Crippen LogP contribution is -2.58. The summed E-state index contributed by atoms with van der Waals surface area (Å²) in [5.74, 6) is 0. The van der Waals surface area contributed by atoms with Crippen molar-refractivity contribution in [2.24, 2.45) is 0 Å². The topological polar surface area (TPSA) is 42.0 Å². The maximum Gasteiger partial charge on any atom is 0.361 e. The fourth-order valence-corrected chi connectivity index (χ4v) is 5.44. The zero-order valence-corrected chi connectivity index (χ0v) is 22.1. The summed E-state index contributed by atoms with van der Waals surface area (Å²) in [5.41, 5.74) is 7.37. The number of rotatable bonds is 2. The van der Waals surface area contributed by atoms with Crippen LogP contribution in [0.25, 0.3) is 10.8 Å². The minimum Gasteiger partial charge on any atom is -0.422 e. The maximum absolute atomic E-state index is 14.2. The van der Waals surface area contributed by atoms with Gasteiger partial charge in [-0.05, 0) is 96.5 Å². The van der Waals surface area contributed by atoms with Crippen LogP contribution in [0, 0.1) is 0 Å². The van der Waals surface area contributed by atoms with E-state index in [-0.39, 0.29) is 31.1 Å². The lowest BCUT2D eigenvalue weighted by atomic mass is 9.49. The smallest absolute Gasteiger partial charge is 0.361 e. The van der Waals surface area contributed by atoms with Crippen molar-refractivity contribution in [2.75, 3.05) is 9.80 Å². The van der Waals surface area contributed by atoms with E-state index in [1.807, 2.05) is 23.6 Å². The predicted molar refractivity (Wildman–Crippen MR) is 144 cm³/mol. The number of allylic oxidation sites excluding steroid dienone is 4. The molecule has 0 aromatic heterocycles. The molecule has 3 heterocycles. The number of carbonyl (C=O) groups is 1. The van der Waals surface area contributed by atoms with Gasteiger partial charge in [0.15, 0.2) is 0 Å². The van der Waals surface area contributed by atoms with Crippen molar-refractivity contribution < 1.29 is 14.1 Å². The number of hydrogen-bond donors (Lipinski definition) is 0. The summed E-state index contributed by atoms with van der Waals surface area (Å²) in [6.45, 7) is 20.3. The molecule has 5 rings (SSSR count). The third kappa shape index (κ3) is 3.28. The highest BCUT2D eigenvalue weighted by Crippen LogP contribution is 2.46. The summed E-state index contributed by atoms with van der Waals surface area (Å²) in [6.07, 6.45) is 0. The quantitative estimate of drug-likeness (QED) is 0.576. The molecule has 34 heavy (non-hydrogen) atoms. The Hall–Kier alpha value is -2.50. The molecule has 3 aliphatic rings. The third-order valence-electron chi connectivity index (χ3n) is 7.13. The number of amides is 2. The summed E-state index contributed by atoms with van der Waals surface area (Å²) < 4.78 is 13.1. The van der Waals surface area contributed by atoms with E-state index in [9.17, 15) is 4.79 Å². The molecule has 2 amide bonds. The van der Waals surface area contributed by atoms with E-state index in [0.717, 1.165) is 55.4 Å². The second-order valence-electron chi connectivity index (χ2n) is 11.8. The van der Waals surface area contributed by atoms with Gasteiger partial charge in [0, 0.05) is 28.0 Å². The predicted octanol–water partition coefficient (Wildman–Crippen LogP) is 5.31. The zero-order chi connectivity index (χ0) is 24.9. The van der Waals surface area contributed by atoms with Crippen molar-refractivity contribution >= 4 is 52.9 Å². The number of nitrogens with zero attached hydrogens (tertiary/aromatic N) is 2. The first kappa shape index (κ1) is 23.3. The first-order chi connectivity index (χ1) is 15.7. The molecule has 0 spiro atoms. The fourth-order valence-electron chi connectivity index (χ4n) is 5.44. The van der Waals surface area contributed by atoms with Crippen LogP contribution in [0.4, 0.5) is 16.2 Å². The molecular weight excluding hydrogens is 422 g/mol. The number of carbonyl (C=O) groups excluding carboxylic acids is 1. The molecule has 0 bridgehead atoms. The molecule has 2 aromatic carbocycles. The number of anilines is 2. The molecular formula is C27H34B2N2O3. The second-order valence-corrected chi connectivity index (χ2v) is 11.8. The van der Waals surface area contributed by atoms with Gasteiger partial charge in [-0.2, -0.15) is 0 Å². The van der Waals surface area contributed by atoms with Gasteiger partial charge in [0.05, 0.1) is 11.4 Å². The Morgan fingerprint density at radius 1 is 0.676 bits per heavy atom. The Kier molecular flexibility index (Phi) is 4.96. The van der Waals surface area contributed by atoms with Crippen LogP contribution in [0.1, 0.15) is 69.2 Å². The SMILES string of the molecule is CC1=C(C)N2C(=O)N3C(C)=C(C)B(OC(C)(C)C)c4ccc5ccc(c2c5c43)B1OC(C)(C)C. The fraction of sp³-hybridized carbons (Fsp3) is 0.444. The molecule has 0 unspecified atom stereocenters.